The first-order valence-corrected chi connectivity index (χ1v) is 5.86. The summed E-state index contributed by atoms with van der Waals surface area (Å²) in [5.41, 5.74) is 0.529. The van der Waals surface area contributed by atoms with Gasteiger partial charge in [0, 0.05) is 11.9 Å². The van der Waals surface area contributed by atoms with Crippen LogP contribution in [0.3, 0.4) is 0 Å². The first-order valence-electron chi connectivity index (χ1n) is 4.47. The van der Waals surface area contributed by atoms with Gasteiger partial charge in [0.1, 0.15) is 5.69 Å². The molecule has 0 aliphatic carbocycles. The van der Waals surface area contributed by atoms with Crippen LogP contribution in [0, 0.1) is 0 Å². The molecular formula is C9H14N2O2S. The number of hydrogen-bond acceptors (Lipinski definition) is 4. The highest BCUT2D eigenvalue weighted by atomic mass is 32.2. The molecule has 1 heterocycles. The largest absolute Gasteiger partial charge is 0.461 e. The molecule has 14 heavy (non-hydrogen) atoms. The molecule has 0 aliphatic heterocycles. The molecule has 1 rings (SSSR count). The smallest absolute Gasteiger partial charge is 0.356 e. The van der Waals surface area contributed by atoms with Gasteiger partial charge in [-0.25, -0.2) is 4.79 Å². The molecule has 0 radical (unpaired) electrons. The summed E-state index contributed by atoms with van der Waals surface area (Å²) in [6, 6.07) is 1.68. The van der Waals surface area contributed by atoms with E-state index in [1.54, 1.807) is 35.6 Å². The maximum absolute atomic E-state index is 11.4. The lowest BCUT2D eigenvalue weighted by atomic mass is 10.4. The minimum absolute atomic E-state index is 0.300. The summed E-state index contributed by atoms with van der Waals surface area (Å²) < 4.78 is 6.58. The van der Waals surface area contributed by atoms with Crippen molar-refractivity contribution in [2.24, 2.45) is 0 Å². The van der Waals surface area contributed by atoms with Gasteiger partial charge in [-0.2, -0.15) is 16.9 Å². The van der Waals surface area contributed by atoms with Crippen LogP contribution in [-0.4, -0.2) is 34.4 Å². The van der Waals surface area contributed by atoms with Crippen LogP contribution < -0.4 is 0 Å². The number of carbonyl (C=O) groups excluding carboxylic acids is 1. The maximum atomic E-state index is 11.4. The number of aryl methyl sites for hydroxylation is 1. The molecule has 0 saturated heterocycles. The molecule has 0 N–H and O–H groups in total. The van der Waals surface area contributed by atoms with Crippen LogP contribution in [0.4, 0.5) is 0 Å². The summed E-state index contributed by atoms with van der Waals surface area (Å²) in [7, 11) is 0. The van der Waals surface area contributed by atoms with E-state index >= 15 is 0 Å². The van der Waals surface area contributed by atoms with Crippen molar-refractivity contribution < 1.29 is 9.53 Å². The molecule has 0 amide bonds. The number of carbonyl (C=O) groups is 1. The first-order chi connectivity index (χ1) is 6.79. The fraction of sp³-hybridized carbons (Fsp3) is 0.556. The van der Waals surface area contributed by atoms with E-state index in [1.807, 2.05) is 6.26 Å². The molecule has 0 aromatic carbocycles. The number of ether oxygens (including phenoxy) is 1. The molecular weight excluding hydrogens is 200 g/mol. The third-order valence-corrected chi connectivity index (χ3v) is 2.30. The third-order valence-electron chi connectivity index (χ3n) is 1.71. The van der Waals surface area contributed by atoms with Crippen LogP contribution in [0.5, 0.6) is 0 Å². The second-order valence-electron chi connectivity index (χ2n) is 2.65. The molecule has 0 bridgehead atoms. The summed E-state index contributed by atoms with van der Waals surface area (Å²) in [4.78, 5) is 11.4. The van der Waals surface area contributed by atoms with Gasteiger partial charge in [-0.05, 0) is 19.2 Å². The molecule has 1 aromatic heterocycles. The van der Waals surface area contributed by atoms with Crippen molar-refractivity contribution in [2.75, 3.05) is 18.6 Å². The minimum Gasteiger partial charge on any atom is -0.461 e. The number of esters is 1. The van der Waals surface area contributed by atoms with E-state index in [0.717, 1.165) is 12.3 Å². The first kappa shape index (κ1) is 11.1. The monoisotopic (exact) mass is 214 g/mol. The van der Waals surface area contributed by atoms with Gasteiger partial charge in [0.15, 0.2) is 0 Å². The van der Waals surface area contributed by atoms with Gasteiger partial charge >= 0.3 is 5.97 Å². The predicted molar refractivity (Wildman–Crippen MR) is 56.6 cm³/mol. The Hall–Kier alpha value is -0.970. The zero-order valence-corrected chi connectivity index (χ0v) is 9.21. The van der Waals surface area contributed by atoms with Crippen LogP contribution >= 0.6 is 11.8 Å². The lowest BCUT2D eigenvalue weighted by molar-refractivity contribution is 0.0512. The van der Waals surface area contributed by atoms with Gasteiger partial charge in [-0.15, -0.1) is 0 Å². The fourth-order valence-corrected chi connectivity index (χ4v) is 1.42. The van der Waals surface area contributed by atoms with Crippen molar-refractivity contribution in [3.05, 3.63) is 18.0 Å². The Bertz CT molecular complexity index is 299. The van der Waals surface area contributed by atoms with Gasteiger partial charge in [-0.1, -0.05) is 0 Å². The molecule has 1 aromatic rings. The minimum atomic E-state index is -0.300. The normalized spacial score (nSPS) is 10.1. The lowest BCUT2D eigenvalue weighted by Gasteiger charge is -2.05. The third kappa shape index (κ3) is 2.77. The van der Waals surface area contributed by atoms with E-state index in [2.05, 4.69) is 5.10 Å². The van der Waals surface area contributed by atoms with E-state index in [0.29, 0.717) is 12.3 Å². The maximum Gasteiger partial charge on any atom is 0.356 e. The van der Waals surface area contributed by atoms with E-state index in [-0.39, 0.29) is 5.97 Å². The second kappa shape index (κ2) is 5.70. The van der Waals surface area contributed by atoms with E-state index in [4.69, 9.17) is 4.74 Å². The molecule has 0 spiro atoms. The van der Waals surface area contributed by atoms with Gasteiger partial charge in [0.2, 0.25) is 0 Å². The number of nitrogens with zero attached hydrogens (tertiary/aromatic N) is 2. The van der Waals surface area contributed by atoms with Crippen molar-refractivity contribution in [1.29, 1.82) is 0 Å². The molecule has 0 fully saturated rings. The van der Waals surface area contributed by atoms with Crippen molar-refractivity contribution in [1.82, 2.24) is 9.78 Å². The van der Waals surface area contributed by atoms with E-state index < -0.39 is 0 Å². The van der Waals surface area contributed by atoms with Crippen molar-refractivity contribution in [3.8, 4) is 0 Å². The Kier molecular flexibility index (Phi) is 4.52. The highest BCUT2D eigenvalue weighted by molar-refractivity contribution is 7.98. The van der Waals surface area contributed by atoms with E-state index in [9.17, 15) is 4.79 Å². The van der Waals surface area contributed by atoms with Crippen LogP contribution in [0.15, 0.2) is 12.3 Å². The standard InChI is InChI=1S/C9H14N2O2S/c1-3-13-9(12)8-4-5-10-11(8)6-7-14-2/h4-5H,3,6-7H2,1-2H3. The predicted octanol–water partition coefficient (Wildman–Crippen LogP) is 1.42. The molecule has 0 aliphatic rings. The molecule has 4 nitrogen and oxygen atoms in total. The number of aromatic nitrogens is 2. The highest BCUT2D eigenvalue weighted by Crippen LogP contribution is 2.03. The van der Waals surface area contributed by atoms with Gasteiger partial charge in [0.05, 0.1) is 13.2 Å². The van der Waals surface area contributed by atoms with Gasteiger partial charge in [-0.3, -0.25) is 4.68 Å². The Morgan fingerprint density at radius 3 is 3.14 bits per heavy atom. The summed E-state index contributed by atoms with van der Waals surface area (Å²) >= 11 is 1.72. The van der Waals surface area contributed by atoms with Crippen LogP contribution in [-0.2, 0) is 11.3 Å². The summed E-state index contributed by atoms with van der Waals surface area (Å²) in [5.74, 6) is 0.639. The van der Waals surface area contributed by atoms with E-state index in [1.165, 1.54) is 0 Å². The zero-order valence-electron chi connectivity index (χ0n) is 8.40. The van der Waals surface area contributed by atoms with Crippen molar-refractivity contribution in [3.63, 3.8) is 0 Å². The number of rotatable bonds is 5. The second-order valence-corrected chi connectivity index (χ2v) is 3.64. The highest BCUT2D eigenvalue weighted by Gasteiger charge is 2.11. The Labute approximate surface area is 87.6 Å². The molecule has 0 unspecified atom stereocenters. The molecule has 78 valence electrons. The van der Waals surface area contributed by atoms with Gasteiger partial charge in [0.25, 0.3) is 0 Å². The Balaban J connectivity index is 2.66. The number of thioether (sulfide) groups is 1. The van der Waals surface area contributed by atoms with Crippen molar-refractivity contribution in [2.45, 2.75) is 13.5 Å². The Morgan fingerprint density at radius 2 is 2.50 bits per heavy atom. The van der Waals surface area contributed by atoms with Crippen LogP contribution in [0.1, 0.15) is 17.4 Å². The average Bonchev–Trinajstić information content (AvgIpc) is 2.63. The SMILES string of the molecule is CCOC(=O)c1ccnn1CCSC. The van der Waals surface area contributed by atoms with Crippen LogP contribution in [0.25, 0.3) is 0 Å². The van der Waals surface area contributed by atoms with Gasteiger partial charge < -0.3 is 4.74 Å². The topological polar surface area (TPSA) is 44.1 Å². The quantitative estimate of drug-likeness (QED) is 0.695. The molecule has 5 heteroatoms. The zero-order chi connectivity index (χ0) is 10.4. The summed E-state index contributed by atoms with van der Waals surface area (Å²) in [6.07, 6.45) is 3.64. The Morgan fingerprint density at radius 1 is 1.71 bits per heavy atom. The lowest BCUT2D eigenvalue weighted by Crippen LogP contribution is -2.14. The molecule has 0 saturated carbocycles. The summed E-state index contributed by atoms with van der Waals surface area (Å²) in [5, 5.41) is 4.06. The average molecular weight is 214 g/mol. The van der Waals surface area contributed by atoms with Crippen LogP contribution in [0.2, 0.25) is 0 Å². The number of hydrogen-bond donors (Lipinski definition) is 0. The summed E-state index contributed by atoms with van der Waals surface area (Å²) in [6.45, 7) is 2.93. The fourth-order valence-electron chi connectivity index (χ4n) is 1.07. The van der Waals surface area contributed by atoms with Crippen molar-refractivity contribution >= 4 is 17.7 Å². The molecule has 0 atom stereocenters.